The summed E-state index contributed by atoms with van der Waals surface area (Å²) in [6.45, 7) is 3.84. The van der Waals surface area contributed by atoms with Crippen LogP contribution in [0.3, 0.4) is 0 Å². The highest BCUT2D eigenvalue weighted by atomic mass is 16.3. The van der Waals surface area contributed by atoms with Gasteiger partial charge in [0.1, 0.15) is 17.3 Å². The van der Waals surface area contributed by atoms with Crippen molar-refractivity contribution >= 4 is 5.82 Å². The van der Waals surface area contributed by atoms with Gasteiger partial charge in [0.15, 0.2) is 0 Å². The molecular weight excluding hydrogens is 206 g/mol. The molecule has 1 atom stereocenters. The molecular formula is C11H13N3O2. The Labute approximate surface area is 92.5 Å². The Morgan fingerprint density at radius 2 is 2.31 bits per heavy atom. The van der Waals surface area contributed by atoms with E-state index in [4.69, 9.17) is 4.42 Å². The van der Waals surface area contributed by atoms with Gasteiger partial charge in [0.25, 0.3) is 5.56 Å². The van der Waals surface area contributed by atoms with E-state index in [1.54, 1.807) is 0 Å². The highest BCUT2D eigenvalue weighted by Gasteiger charge is 2.09. The van der Waals surface area contributed by atoms with Crippen molar-refractivity contribution in [2.45, 2.75) is 19.9 Å². The van der Waals surface area contributed by atoms with E-state index < -0.39 is 0 Å². The van der Waals surface area contributed by atoms with E-state index in [2.05, 4.69) is 15.3 Å². The summed E-state index contributed by atoms with van der Waals surface area (Å²) in [5, 5.41) is 3.09. The van der Waals surface area contributed by atoms with Gasteiger partial charge in [-0.05, 0) is 26.0 Å². The first-order valence-electron chi connectivity index (χ1n) is 5.03. The molecule has 0 aliphatic heterocycles. The topological polar surface area (TPSA) is 70.9 Å². The normalized spacial score (nSPS) is 12.4. The molecule has 2 rings (SSSR count). The largest absolute Gasteiger partial charge is 0.464 e. The van der Waals surface area contributed by atoms with Crippen molar-refractivity contribution in [3.05, 3.63) is 46.4 Å². The van der Waals surface area contributed by atoms with Gasteiger partial charge in [-0.25, -0.2) is 4.98 Å². The van der Waals surface area contributed by atoms with Crippen molar-refractivity contribution in [2.75, 3.05) is 5.32 Å². The van der Waals surface area contributed by atoms with Crippen LogP contribution in [0.15, 0.2) is 33.7 Å². The smallest absolute Gasteiger partial charge is 0.252 e. The molecule has 1 unspecified atom stereocenters. The summed E-state index contributed by atoms with van der Waals surface area (Å²) in [6.07, 6.45) is 1.37. The average molecular weight is 219 g/mol. The number of nitrogens with one attached hydrogen (secondary N) is 2. The van der Waals surface area contributed by atoms with Crippen LogP contribution in [0.4, 0.5) is 5.82 Å². The zero-order chi connectivity index (χ0) is 11.5. The lowest BCUT2D eigenvalue weighted by molar-refractivity contribution is 0.466. The minimum absolute atomic E-state index is 0.0250. The van der Waals surface area contributed by atoms with E-state index in [1.807, 2.05) is 26.0 Å². The Morgan fingerprint density at radius 3 is 2.94 bits per heavy atom. The molecule has 0 saturated carbocycles. The van der Waals surface area contributed by atoms with Crippen LogP contribution in [-0.2, 0) is 0 Å². The highest BCUT2D eigenvalue weighted by molar-refractivity contribution is 5.34. The molecule has 2 N–H and O–H groups in total. The number of hydrogen-bond donors (Lipinski definition) is 2. The van der Waals surface area contributed by atoms with Gasteiger partial charge in [-0.15, -0.1) is 0 Å². The molecule has 0 spiro atoms. The van der Waals surface area contributed by atoms with Crippen molar-refractivity contribution in [3.8, 4) is 0 Å². The number of rotatable bonds is 3. The van der Waals surface area contributed by atoms with Gasteiger partial charge in [0.2, 0.25) is 0 Å². The number of aryl methyl sites for hydroxylation is 1. The number of anilines is 1. The molecule has 5 nitrogen and oxygen atoms in total. The maximum atomic E-state index is 11.1. The number of nitrogens with zero attached hydrogens (tertiary/aromatic N) is 1. The number of aromatic nitrogens is 2. The second-order valence-corrected chi connectivity index (χ2v) is 3.61. The number of hydrogen-bond acceptors (Lipinski definition) is 4. The van der Waals surface area contributed by atoms with Crippen LogP contribution in [0.5, 0.6) is 0 Å². The zero-order valence-electron chi connectivity index (χ0n) is 9.15. The predicted molar refractivity (Wildman–Crippen MR) is 60.3 cm³/mol. The van der Waals surface area contributed by atoms with Crippen molar-refractivity contribution in [1.82, 2.24) is 9.97 Å². The Bertz CT molecular complexity index is 530. The molecule has 0 radical (unpaired) electrons. The van der Waals surface area contributed by atoms with E-state index in [1.165, 1.54) is 12.4 Å². The Hall–Kier alpha value is -2.04. The maximum absolute atomic E-state index is 11.1. The molecule has 2 heterocycles. The predicted octanol–water partition coefficient (Wildman–Crippen LogP) is 1.84. The number of furan rings is 1. The van der Waals surface area contributed by atoms with Crippen molar-refractivity contribution in [1.29, 1.82) is 0 Å². The SMILES string of the molecule is Cc1ccc(C(C)Nc2cc(=O)[nH]cn2)o1. The van der Waals surface area contributed by atoms with E-state index in [9.17, 15) is 4.79 Å². The minimum atomic E-state index is -0.180. The molecule has 0 fully saturated rings. The number of aromatic amines is 1. The van der Waals surface area contributed by atoms with Crippen LogP contribution in [-0.4, -0.2) is 9.97 Å². The lowest BCUT2D eigenvalue weighted by Gasteiger charge is -2.11. The molecule has 0 bridgehead atoms. The second-order valence-electron chi connectivity index (χ2n) is 3.61. The van der Waals surface area contributed by atoms with Crippen LogP contribution in [0.2, 0.25) is 0 Å². The molecule has 84 valence electrons. The van der Waals surface area contributed by atoms with Gasteiger partial charge in [0.05, 0.1) is 12.4 Å². The van der Waals surface area contributed by atoms with Gasteiger partial charge in [0, 0.05) is 6.07 Å². The molecule has 0 aromatic carbocycles. The third kappa shape index (κ3) is 2.31. The fraction of sp³-hybridized carbons (Fsp3) is 0.273. The molecule has 2 aromatic rings. The standard InChI is InChI=1S/C11H13N3O2/c1-7-3-4-9(16-7)8(2)14-10-5-11(15)13-6-12-10/h3-6,8H,1-2H3,(H2,12,13,14,15). The summed E-state index contributed by atoms with van der Waals surface area (Å²) in [7, 11) is 0. The van der Waals surface area contributed by atoms with Crippen LogP contribution in [0.25, 0.3) is 0 Å². The second kappa shape index (κ2) is 4.22. The van der Waals surface area contributed by atoms with Crippen LogP contribution in [0.1, 0.15) is 24.5 Å². The van der Waals surface area contributed by atoms with Gasteiger partial charge in [-0.3, -0.25) is 4.79 Å². The first-order valence-corrected chi connectivity index (χ1v) is 5.03. The lowest BCUT2D eigenvalue weighted by atomic mass is 10.2. The monoisotopic (exact) mass is 219 g/mol. The molecule has 5 heteroatoms. The average Bonchev–Trinajstić information content (AvgIpc) is 2.65. The first-order chi connectivity index (χ1) is 7.65. The quantitative estimate of drug-likeness (QED) is 0.826. The molecule has 0 saturated heterocycles. The molecule has 16 heavy (non-hydrogen) atoms. The molecule has 0 aliphatic rings. The Kier molecular flexibility index (Phi) is 2.76. The van der Waals surface area contributed by atoms with Crippen LogP contribution in [0, 0.1) is 6.92 Å². The van der Waals surface area contributed by atoms with Gasteiger partial charge in [-0.1, -0.05) is 0 Å². The molecule has 0 aliphatic carbocycles. The molecule has 2 aromatic heterocycles. The Balaban J connectivity index is 2.13. The summed E-state index contributed by atoms with van der Waals surface area (Å²) in [6, 6.07) is 5.19. The summed E-state index contributed by atoms with van der Waals surface area (Å²) in [5.74, 6) is 2.22. The van der Waals surface area contributed by atoms with Crippen molar-refractivity contribution < 1.29 is 4.42 Å². The lowest BCUT2D eigenvalue weighted by Crippen LogP contribution is -2.11. The Morgan fingerprint density at radius 1 is 1.50 bits per heavy atom. The minimum Gasteiger partial charge on any atom is -0.464 e. The zero-order valence-corrected chi connectivity index (χ0v) is 9.15. The van der Waals surface area contributed by atoms with Crippen LogP contribution >= 0.6 is 0 Å². The van der Waals surface area contributed by atoms with E-state index in [-0.39, 0.29) is 11.6 Å². The number of H-pyrrole nitrogens is 1. The third-order valence-corrected chi connectivity index (χ3v) is 2.23. The van der Waals surface area contributed by atoms with E-state index in [0.29, 0.717) is 5.82 Å². The summed E-state index contributed by atoms with van der Waals surface area (Å²) < 4.78 is 5.47. The van der Waals surface area contributed by atoms with Crippen molar-refractivity contribution in [3.63, 3.8) is 0 Å². The maximum Gasteiger partial charge on any atom is 0.252 e. The fourth-order valence-corrected chi connectivity index (χ4v) is 1.43. The van der Waals surface area contributed by atoms with Gasteiger partial charge in [-0.2, -0.15) is 0 Å². The van der Waals surface area contributed by atoms with E-state index >= 15 is 0 Å². The van der Waals surface area contributed by atoms with Crippen molar-refractivity contribution in [2.24, 2.45) is 0 Å². The highest BCUT2D eigenvalue weighted by Crippen LogP contribution is 2.18. The summed E-state index contributed by atoms with van der Waals surface area (Å²) in [5.41, 5.74) is -0.180. The summed E-state index contributed by atoms with van der Waals surface area (Å²) in [4.78, 5) is 17.5. The summed E-state index contributed by atoms with van der Waals surface area (Å²) >= 11 is 0. The fourth-order valence-electron chi connectivity index (χ4n) is 1.43. The first kappa shape index (κ1) is 10.5. The van der Waals surface area contributed by atoms with E-state index in [0.717, 1.165) is 11.5 Å². The third-order valence-electron chi connectivity index (χ3n) is 2.23. The van der Waals surface area contributed by atoms with Gasteiger partial charge < -0.3 is 14.7 Å². The van der Waals surface area contributed by atoms with Gasteiger partial charge >= 0.3 is 0 Å². The van der Waals surface area contributed by atoms with Crippen LogP contribution < -0.4 is 10.9 Å². The molecule has 0 amide bonds.